The quantitative estimate of drug-likeness (QED) is 0.866. The summed E-state index contributed by atoms with van der Waals surface area (Å²) in [4.78, 5) is 2.44. The minimum atomic E-state index is -0.233. The normalized spacial score (nSPS) is 24.6. The first-order valence-corrected chi connectivity index (χ1v) is 8.25. The molecule has 1 aliphatic rings. The van der Waals surface area contributed by atoms with E-state index in [-0.39, 0.29) is 18.2 Å². The molecule has 1 saturated heterocycles. The fourth-order valence-corrected chi connectivity index (χ4v) is 3.34. The van der Waals surface area contributed by atoms with E-state index in [9.17, 15) is 5.11 Å². The maximum Gasteiger partial charge on any atom is 0.0552 e. The van der Waals surface area contributed by atoms with E-state index < -0.39 is 0 Å². The zero-order chi connectivity index (χ0) is 14.7. The van der Waals surface area contributed by atoms with Crippen LogP contribution in [0.4, 0.5) is 0 Å². The van der Waals surface area contributed by atoms with Crippen molar-refractivity contribution in [3.05, 3.63) is 34.3 Å². The Hall–Kier alpha value is -0.420. The molecule has 3 N–H and O–H groups in total. The molecule has 4 heteroatoms. The molecule has 20 heavy (non-hydrogen) atoms. The minimum absolute atomic E-state index is 0.129. The Morgan fingerprint density at radius 3 is 2.55 bits per heavy atom. The van der Waals surface area contributed by atoms with Crippen LogP contribution < -0.4 is 5.73 Å². The summed E-state index contributed by atoms with van der Waals surface area (Å²) < 4.78 is 1.09. The van der Waals surface area contributed by atoms with Crippen LogP contribution in [0.2, 0.25) is 0 Å². The van der Waals surface area contributed by atoms with Gasteiger partial charge in [-0.3, -0.25) is 4.90 Å². The lowest BCUT2D eigenvalue weighted by Crippen LogP contribution is -2.40. The largest absolute Gasteiger partial charge is 0.393 e. The fraction of sp³-hybridized carbons (Fsp3) is 0.625. The van der Waals surface area contributed by atoms with Crippen LogP contribution in [-0.4, -0.2) is 35.2 Å². The van der Waals surface area contributed by atoms with Gasteiger partial charge in [-0.05, 0) is 49.9 Å². The topological polar surface area (TPSA) is 49.5 Å². The van der Waals surface area contributed by atoms with Crippen LogP contribution >= 0.6 is 15.9 Å². The third-order valence-corrected chi connectivity index (χ3v) is 4.95. The highest BCUT2D eigenvalue weighted by atomic mass is 79.9. The summed E-state index contributed by atoms with van der Waals surface area (Å²) in [5.74, 6) is 0.372. The zero-order valence-corrected chi connectivity index (χ0v) is 13.9. The molecule has 0 bridgehead atoms. The fourth-order valence-electron chi connectivity index (χ4n) is 3.07. The highest BCUT2D eigenvalue weighted by molar-refractivity contribution is 9.10. The van der Waals surface area contributed by atoms with Gasteiger partial charge in [0, 0.05) is 23.1 Å². The number of halogens is 1. The molecule has 112 valence electrons. The third kappa shape index (κ3) is 3.61. The van der Waals surface area contributed by atoms with E-state index in [1.807, 2.05) is 6.92 Å². The lowest BCUT2D eigenvalue weighted by atomic mass is 9.96. The van der Waals surface area contributed by atoms with Crippen molar-refractivity contribution >= 4 is 15.9 Å². The molecule has 1 heterocycles. The third-order valence-electron chi connectivity index (χ3n) is 4.42. The molecule has 1 aromatic carbocycles. The second-order valence-electron chi connectivity index (χ2n) is 5.85. The van der Waals surface area contributed by atoms with Gasteiger partial charge in [-0.15, -0.1) is 0 Å². The van der Waals surface area contributed by atoms with Gasteiger partial charge in [0.2, 0.25) is 0 Å². The van der Waals surface area contributed by atoms with Crippen LogP contribution in [0.1, 0.15) is 38.3 Å². The van der Waals surface area contributed by atoms with E-state index in [1.54, 1.807) is 0 Å². The molecular formula is C16H25BrN2O. The van der Waals surface area contributed by atoms with Gasteiger partial charge in [0.1, 0.15) is 0 Å². The first-order valence-electron chi connectivity index (χ1n) is 7.46. The van der Waals surface area contributed by atoms with Crippen LogP contribution in [0.25, 0.3) is 0 Å². The lowest BCUT2D eigenvalue weighted by Gasteiger charge is -2.33. The molecule has 1 aliphatic heterocycles. The monoisotopic (exact) mass is 340 g/mol. The van der Waals surface area contributed by atoms with Gasteiger partial charge < -0.3 is 10.8 Å². The number of hydrogen-bond donors (Lipinski definition) is 2. The summed E-state index contributed by atoms with van der Waals surface area (Å²) in [6.07, 6.45) is 1.78. The summed E-state index contributed by atoms with van der Waals surface area (Å²) >= 11 is 3.48. The van der Waals surface area contributed by atoms with Crippen molar-refractivity contribution in [1.82, 2.24) is 4.90 Å². The highest BCUT2D eigenvalue weighted by Gasteiger charge is 2.33. The molecule has 2 rings (SSSR count). The molecule has 0 amide bonds. The summed E-state index contributed by atoms with van der Waals surface area (Å²) in [7, 11) is 0. The van der Waals surface area contributed by atoms with E-state index in [4.69, 9.17) is 5.73 Å². The molecule has 3 nitrogen and oxygen atoms in total. The van der Waals surface area contributed by atoms with Crippen molar-refractivity contribution in [2.24, 2.45) is 11.7 Å². The molecule has 4 atom stereocenters. The number of benzene rings is 1. The first-order chi connectivity index (χ1) is 9.52. The molecular weight excluding hydrogens is 316 g/mol. The molecule has 1 fully saturated rings. The van der Waals surface area contributed by atoms with E-state index >= 15 is 0 Å². The maximum absolute atomic E-state index is 9.79. The van der Waals surface area contributed by atoms with E-state index in [1.165, 1.54) is 5.56 Å². The predicted octanol–water partition coefficient (Wildman–Crippen LogP) is 2.93. The van der Waals surface area contributed by atoms with Crippen LogP contribution in [0.15, 0.2) is 28.7 Å². The summed E-state index contributed by atoms with van der Waals surface area (Å²) in [5.41, 5.74) is 7.64. The van der Waals surface area contributed by atoms with Gasteiger partial charge >= 0.3 is 0 Å². The number of likely N-dealkylation sites (tertiary alicyclic amines) is 1. The van der Waals surface area contributed by atoms with Crippen LogP contribution in [0.3, 0.4) is 0 Å². The number of nitrogens with two attached hydrogens (primary N) is 1. The zero-order valence-electron chi connectivity index (χ0n) is 12.3. The van der Waals surface area contributed by atoms with Crippen molar-refractivity contribution < 1.29 is 5.11 Å². The van der Waals surface area contributed by atoms with Crippen molar-refractivity contribution in [3.63, 3.8) is 0 Å². The Labute approximate surface area is 130 Å². The number of aliphatic hydroxyl groups is 1. The number of nitrogens with zero attached hydrogens (tertiary/aromatic N) is 1. The average Bonchev–Trinajstić information content (AvgIpc) is 2.90. The summed E-state index contributed by atoms with van der Waals surface area (Å²) in [5, 5.41) is 9.79. The smallest absolute Gasteiger partial charge is 0.0552 e. The molecule has 0 radical (unpaired) electrons. The highest BCUT2D eigenvalue weighted by Crippen LogP contribution is 2.32. The Morgan fingerprint density at radius 2 is 2.05 bits per heavy atom. The number of aliphatic hydroxyl groups excluding tert-OH is 1. The molecule has 0 aromatic heterocycles. The van der Waals surface area contributed by atoms with Gasteiger partial charge in [-0.2, -0.15) is 0 Å². The van der Waals surface area contributed by atoms with Crippen LogP contribution in [-0.2, 0) is 0 Å². The van der Waals surface area contributed by atoms with Crippen molar-refractivity contribution in [2.75, 3.05) is 13.1 Å². The predicted molar refractivity (Wildman–Crippen MR) is 86.5 cm³/mol. The SMILES string of the molecule is CCC(N)C(c1ccc(Br)cc1)N1CCC(C(C)O)C1. The van der Waals surface area contributed by atoms with Gasteiger partial charge in [0.25, 0.3) is 0 Å². The van der Waals surface area contributed by atoms with E-state index in [0.717, 1.165) is 30.4 Å². The van der Waals surface area contributed by atoms with Gasteiger partial charge in [0.15, 0.2) is 0 Å². The van der Waals surface area contributed by atoms with Crippen molar-refractivity contribution in [2.45, 2.75) is 44.9 Å². The maximum atomic E-state index is 9.79. The van der Waals surface area contributed by atoms with E-state index in [0.29, 0.717) is 5.92 Å². The molecule has 4 unspecified atom stereocenters. The Bertz CT molecular complexity index is 421. The summed E-state index contributed by atoms with van der Waals surface area (Å²) in [6.45, 7) is 5.98. The van der Waals surface area contributed by atoms with Gasteiger partial charge in [-0.1, -0.05) is 35.0 Å². The Balaban J connectivity index is 2.18. The lowest BCUT2D eigenvalue weighted by molar-refractivity contribution is 0.118. The Morgan fingerprint density at radius 1 is 1.40 bits per heavy atom. The molecule has 0 aliphatic carbocycles. The molecule has 0 saturated carbocycles. The Kier molecular flexibility index (Phi) is 5.61. The van der Waals surface area contributed by atoms with Crippen molar-refractivity contribution in [3.8, 4) is 0 Å². The van der Waals surface area contributed by atoms with E-state index in [2.05, 4.69) is 52.0 Å². The molecule has 0 spiro atoms. The van der Waals surface area contributed by atoms with Gasteiger partial charge in [0.05, 0.1) is 6.10 Å². The number of rotatable bonds is 5. The standard InChI is InChI=1S/C16H25BrN2O/c1-3-15(18)16(12-4-6-14(17)7-5-12)19-9-8-13(10-19)11(2)20/h4-7,11,13,15-16,20H,3,8-10,18H2,1-2H3. The number of hydrogen-bond acceptors (Lipinski definition) is 3. The van der Waals surface area contributed by atoms with Gasteiger partial charge in [-0.25, -0.2) is 0 Å². The molecule has 1 aromatic rings. The second kappa shape index (κ2) is 7.03. The summed E-state index contributed by atoms with van der Waals surface area (Å²) in [6, 6.07) is 8.83. The average molecular weight is 341 g/mol. The van der Waals surface area contributed by atoms with Crippen LogP contribution in [0, 0.1) is 5.92 Å². The van der Waals surface area contributed by atoms with Crippen LogP contribution in [0.5, 0.6) is 0 Å². The second-order valence-corrected chi connectivity index (χ2v) is 6.77. The minimum Gasteiger partial charge on any atom is -0.393 e. The first kappa shape index (κ1) is 16.0. The van der Waals surface area contributed by atoms with Crippen molar-refractivity contribution in [1.29, 1.82) is 0 Å².